The summed E-state index contributed by atoms with van der Waals surface area (Å²) in [4.78, 5) is 30.5. The van der Waals surface area contributed by atoms with E-state index in [-0.39, 0.29) is 36.5 Å². The Morgan fingerprint density at radius 2 is 2.25 bits per heavy atom. The van der Waals surface area contributed by atoms with Gasteiger partial charge in [-0.15, -0.1) is 0 Å². The largest absolute Gasteiger partial charge is 0.444 e. The summed E-state index contributed by atoms with van der Waals surface area (Å²) in [6, 6.07) is 5.93. The summed E-state index contributed by atoms with van der Waals surface area (Å²) in [5.41, 5.74) is 0.485. The third-order valence-corrected chi connectivity index (χ3v) is 5.79. The topological polar surface area (TPSA) is 63.4 Å². The number of amides is 2. The van der Waals surface area contributed by atoms with E-state index >= 15 is 0 Å². The molecule has 1 spiro atoms. The fraction of sp³-hybridized carbons (Fsp3) is 0.353. The van der Waals surface area contributed by atoms with E-state index in [1.807, 2.05) is 0 Å². The minimum atomic E-state index is -0.517. The van der Waals surface area contributed by atoms with Gasteiger partial charge in [0.05, 0.1) is 17.7 Å². The number of oxazole rings is 1. The van der Waals surface area contributed by atoms with E-state index in [1.54, 1.807) is 23.9 Å². The Kier molecular flexibility index (Phi) is 3.68. The first-order valence-corrected chi connectivity index (χ1v) is 8.86. The molecule has 2 aromatic rings. The summed E-state index contributed by atoms with van der Waals surface area (Å²) in [5.74, 6) is 1.26. The highest BCUT2D eigenvalue weighted by atomic mass is 32.2. The van der Waals surface area contributed by atoms with Crippen LogP contribution in [0.2, 0.25) is 0 Å². The zero-order valence-corrected chi connectivity index (χ0v) is 13.6. The van der Waals surface area contributed by atoms with E-state index < -0.39 is 5.41 Å². The van der Waals surface area contributed by atoms with E-state index in [0.717, 1.165) is 12.2 Å². The van der Waals surface area contributed by atoms with E-state index in [9.17, 15) is 14.0 Å². The quantitative estimate of drug-likeness (QED) is 0.800. The Morgan fingerprint density at radius 1 is 1.38 bits per heavy atom. The van der Waals surface area contributed by atoms with Gasteiger partial charge in [0.15, 0.2) is 0 Å². The molecular weight excluding hydrogens is 331 g/mol. The molecule has 1 aromatic carbocycles. The molecule has 3 heterocycles. The number of rotatable bonds is 3. The van der Waals surface area contributed by atoms with Crippen LogP contribution in [0.5, 0.6) is 0 Å². The molecule has 1 aromatic heterocycles. The molecule has 0 bridgehead atoms. The molecule has 2 saturated heterocycles. The summed E-state index contributed by atoms with van der Waals surface area (Å²) in [5, 5.41) is 0. The average molecular weight is 346 g/mol. The molecule has 0 radical (unpaired) electrons. The zero-order valence-electron chi connectivity index (χ0n) is 12.8. The van der Waals surface area contributed by atoms with Crippen LogP contribution < -0.4 is 0 Å². The van der Waals surface area contributed by atoms with Crippen molar-refractivity contribution in [1.29, 1.82) is 0 Å². The maximum Gasteiger partial charge on any atom is 0.237 e. The molecule has 2 amide bonds. The van der Waals surface area contributed by atoms with E-state index in [4.69, 9.17) is 4.42 Å². The van der Waals surface area contributed by atoms with Gasteiger partial charge in [0.2, 0.25) is 17.7 Å². The van der Waals surface area contributed by atoms with Crippen LogP contribution >= 0.6 is 11.8 Å². The first kappa shape index (κ1) is 15.4. The second kappa shape index (κ2) is 5.73. The Hall–Kier alpha value is -2.15. The Balaban J connectivity index is 1.54. The van der Waals surface area contributed by atoms with Gasteiger partial charge < -0.3 is 4.42 Å². The van der Waals surface area contributed by atoms with Gasteiger partial charge in [-0.25, -0.2) is 9.37 Å². The third-order valence-electron chi connectivity index (χ3n) is 4.54. The number of aromatic nitrogens is 1. The van der Waals surface area contributed by atoms with Crippen LogP contribution in [-0.4, -0.2) is 33.2 Å². The first-order chi connectivity index (χ1) is 11.6. The number of hydrogen-bond donors (Lipinski definition) is 0. The fourth-order valence-electron chi connectivity index (χ4n) is 3.23. The van der Waals surface area contributed by atoms with Crippen LogP contribution in [0.15, 0.2) is 34.9 Å². The van der Waals surface area contributed by atoms with E-state index in [0.29, 0.717) is 17.0 Å². The molecule has 0 aliphatic carbocycles. The molecule has 124 valence electrons. The molecule has 0 N–H and O–H groups in total. The Labute approximate surface area is 142 Å². The van der Waals surface area contributed by atoms with Crippen molar-refractivity contribution >= 4 is 23.6 Å². The lowest BCUT2D eigenvalue weighted by atomic mass is 9.86. The molecule has 5 nitrogen and oxygen atoms in total. The third kappa shape index (κ3) is 2.53. The highest BCUT2D eigenvalue weighted by Crippen LogP contribution is 2.45. The van der Waals surface area contributed by atoms with Crippen molar-refractivity contribution in [3.05, 3.63) is 42.0 Å². The van der Waals surface area contributed by atoms with Crippen LogP contribution in [0.1, 0.15) is 18.5 Å². The van der Waals surface area contributed by atoms with Crippen molar-refractivity contribution in [2.24, 2.45) is 5.41 Å². The average Bonchev–Trinajstić information content (AvgIpc) is 3.26. The molecule has 0 unspecified atom stereocenters. The Morgan fingerprint density at radius 3 is 3.00 bits per heavy atom. The van der Waals surface area contributed by atoms with Gasteiger partial charge in [0.25, 0.3) is 0 Å². The number of carbonyl (C=O) groups is 2. The van der Waals surface area contributed by atoms with Gasteiger partial charge in [0.1, 0.15) is 12.1 Å². The van der Waals surface area contributed by atoms with Crippen molar-refractivity contribution < 1.29 is 18.4 Å². The van der Waals surface area contributed by atoms with Crippen LogP contribution in [0.3, 0.4) is 0 Å². The number of carbonyl (C=O) groups excluding carboxylic acids is 2. The first-order valence-electron chi connectivity index (χ1n) is 7.70. The van der Waals surface area contributed by atoms with Crippen molar-refractivity contribution in [2.45, 2.75) is 19.4 Å². The van der Waals surface area contributed by atoms with Gasteiger partial charge in [-0.2, -0.15) is 11.8 Å². The van der Waals surface area contributed by atoms with E-state index in [1.165, 1.54) is 23.3 Å². The maximum absolute atomic E-state index is 13.3. The molecule has 7 heteroatoms. The van der Waals surface area contributed by atoms with Gasteiger partial charge >= 0.3 is 0 Å². The lowest BCUT2D eigenvalue weighted by Crippen LogP contribution is -2.35. The van der Waals surface area contributed by atoms with Crippen molar-refractivity contribution in [1.82, 2.24) is 9.88 Å². The van der Waals surface area contributed by atoms with Gasteiger partial charge in [-0.1, -0.05) is 6.07 Å². The van der Waals surface area contributed by atoms with Crippen molar-refractivity contribution in [3.8, 4) is 11.5 Å². The number of halogens is 1. The lowest BCUT2D eigenvalue weighted by Gasteiger charge is -2.19. The minimum absolute atomic E-state index is 0.100. The number of hydrogen-bond acceptors (Lipinski definition) is 5. The molecule has 24 heavy (non-hydrogen) atoms. The van der Waals surface area contributed by atoms with Crippen LogP contribution in [0.4, 0.5) is 4.39 Å². The van der Waals surface area contributed by atoms with E-state index in [2.05, 4.69) is 4.98 Å². The number of likely N-dealkylation sites (tertiary alicyclic amines) is 1. The monoisotopic (exact) mass is 346 g/mol. The number of thioether (sulfide) groups is 1. The summed E-state index contributed by atoms with van der Waals surface area (Å²) in [6.07, 6.45) is 2.45. The summed E-state index contributed by atoms with van der Waals surface area (Å²) < 4.78 is 18.7. The van der Waals surface area contributed by atoms with Crippen molar-refractivity contribution in [2.75, 3.05) is 11.5 Å². The predicted octanol–water partition coefficient (Wildman–Crippen LogP) is 2.86. The second-order valence-electron chi connectivity index (χ2n) is 6.20. The maximum atomic E-state index is 13.3. The zero-order chi connectivity index (χ0) is 16.7. The fourth-order valence-corrected chi connectivity index (χ4v) is 4.67. The second-order valence-corrected chi connectivity index (χ2v) is 7.30. The van der Waals surface area contributed by atoms with Gasteiger partial charge in [-0.05, 0) is 30.4 Å². The van der Waals surface area contributed by atoms with Crippen LogP contribution in [0, 0.1) is 11.2 Å². The van der Waals surface area contributed by atoms with Crippen LogP contribution in [0.25, 0.3) is 11.5 Å². The highest BCUT2D eigenvalue weighted by molar-refractivity contribution is 7.99. The molecule has 2 aliphatic heterocycles. The highest BCUT2D eigenvalue weighted by Gasteiger charge is 2.53. The Bertz CT molecular complexity index is 814. The number of nitrogens with zero attached hydrogens (tertiary/aromatic N) is 2. The predicted molar refractivity (Wildman–Crippen MR) is 86.4 cm³/mol. The summed E-state index contributed by atoms with van der Waals surface area (Å²) >= 11 is 1.72. The molecule has 4 rings (SSSR count). The standard InChI is InChI=1S/C17H15FN2O3S/c18-12-3-1-2-11(6-12)15-19-13(9-23-15)8-20-14(21)7-17(16(20)22)4-5-24-10-17/h1-3,6,9H,4-5,7-8,10H2/t17-/m0/s1. The molecule has 2 aliphatic rings. The smallest absolute Gasteiger partial charge is 0.237 e. The number of benzene rings is 1. The molecule has 0 saturated carbocycles. The van der Waals surface area contributed by atoms with Crippen molar-refractivity contribution in [3.63, 3.8) is 0 Å². The summed E-state index contributed by atoms with van der Waals surface area (Å²) in [7, 11) is 0. The SMILES string of the molecule is O=C1C[C@]2(CCSC2)C(=O)N1Cc1coc(-c2cccc(F)c2)n1. The molecule has 1 atom stereocenters. The van der Waals surface area contributed by atoms with Gasteiger partial charge in [0, 0.05) is 17.7 Å². The molecule has 2 fully saturated rings. The van der Waals surface area contributed by atoms with Gasteiger partial charge in [-0.3, -0.25) is 14.5 Å². The minimum Gasteiger partial charge on any atom is -0.444 e. The normalized spacial score (nSPS) is 23.6. The lowest BCUT2D eigenvalue weighted by molar-refractivity contribution is -0.141. The number of imide groups is 1. The molecular formula is C17H15FN2O3S. The van der Waals surface area contributed by atoms with Crippen LogP contribution in [-0.2, 0) is 16.1 Å². The summed E-state index contributed by atoms with van der Waals surface area (Å²) in [6.45, 7) is 0.100.